The van der Waals surface area contributed by atoms with Crippen LogP contribution in [0.5, 0.6) is 5.88 Å². The molecule has 2 N–H and O–H groups in total. The van der Waals surface area contributed by atoms with Crippen molar-refractivity contribution < 1.29 is 14.6 Å². The molecule has 0 amide bonds. The topological polar surface area (TPSA) is 107 Å². The number of nitrogens with one attached hydrogen (secondary N) is 1. The molecule has 4 aromatic heterocycles. The number of rotatable bonds is 4. The summed E-state index contributed by atoms with van der Waals surface area (Å²) >= 11 is 0. The van der Waals surface area contributed by atoms with E-state index in [0.717, 1.165) is 0 Å². The second-order valence-electron chi connectivity index (χ2n) is 5.86. The third-order valence-electron chi connectivity index (χ3n) is 4.11. The summed E-state index contributed by atoms with van der Waals surface area (Å²) in [6, 6.07) is 7.02. The minimum absolute atomic E-state index is 0.420. The predicted molar refractivity (Wildman–Crippen MR) is 99.4 cm³/mol. The van der Waals surface area contributed by atoms with Gasteiger partial charge in [-0.05, 0) is 18.2 Å². The van der Waals surface area contributed by atoms with Crippen LogP contribution < -0.4 is 10.1 Å². The first kappa shape index (κ1) is 16.6. The lowest BCUT2D eigenvalue weighted by atomic mass is 10.2. The molecule has 0 radical (unpaired) electrons. The molecular weight excluding hydrogens is 348 g/mol. The monoisotopic (exact) mass is 364 g/mol. The van der Waals surface area contributed by atoms with Crippen LogP contribution in [0.1, 0.15) is 0 Å². The number of methoxy groups -OCH3 is 1. The SMILES string of the molecule is COc1ncccc1Nc1cc2c(cn1)cc(-c1cnn(C)c1)n2C(=O)O. The summed E-state index contributed by atoms with van der Waals surface area (Å²) in [6.45, 7) is 0. The van der Waals surface area contributed by atoms with Gasteiger partial charge in [0.25, 0.3) is 0 Å². The summed E-state index contributed by atoms with van der Waals surface area (Å²) in [5, 5.41) is 17.7. The number of anilines is 2. The van der Waals surface area contributed by atoms with Gasteiger partial charge in [0.2, 0.25) is 5.88 Å². The van der Waals surface area contributed by atoms with E-state index in [0.29, 0.717) is 39.5 Å². The summed E-state index contributed by atoms with van der Waals surface area (Å²) < 4.78 is 8.07. The summed E-state index contributed by atoms with van der Waals surface area (Å²) in [5.74, 6) is 0.899. The fourth-order valence-electron chi connectivity index (χ4n) is 2.93. The Kier molecular flexibility index (Phi) is 3.96. The maximum atomic E-state index is 11.9. The van der Waals surface area contributed by atoms with Gasteiger partial charge in [0.05, 0.1) is 24.5 Å². The second-order valence-corrected chi connectivity index (χ2v) is 5.86. The average molecular weight is 364 g/mol. The molecule has 136 valence electrons. The molecular formula is C18H16N6O3. The van der Waals surface area contributed by atoms with Crippen LogP contribution in [0.15, 0.2) is 49.1 Å². The molecule has 4 heterocycles. The van der Waals surface area contributed by atoms with E-state index in [1.165, 1.54) is 11.7 Å². The molecule has 0 unspecified atom stereocenters. The van der Waals surface area contributed by atoms with Crippen LogP contribution in [0, 0.1) is 0 Å². The van der Waals surface area contributed by atoms with Crippen molar-refractivity contribution in [3.8, 4) is 17.1 Å². The van der Waals surface area contributed by atoms with Crippen LogP contribution in [-0.4, -0.2) is 42.6 Å². The Bertz CT molecular complexity index is 1150. The molecule has 27 heavy (non-hydrogen) atoms. The number of fused-ring (bicyclic) bond motifs is 1. The Labute approximate surface area is 153 Å². The van der Waals surface area contributed by atoms with Gasteiger partial charge in [-0.3, -0.25) is 4.68 Å². The van der Waals surface area contributed by atoms with Gasteiger partial charge in [-0.2, -0.15) is 5.10 Å². The fraction of sp³-hybridized carbons (Fsp3) is 0.111. The lowest BCUT2D eigenvalue weighted by Gasteiger charge is -2.09. The largest absolute Gasteiger partial charge is 0.480 e. The van der Waals surface area contributed by atoms with E-state index >= 15 is 0 Å². The number of ether oxygens (including phenoxy) is 1. The zero-order valence-electron chi connectivity index (χ0n) is 14.6. The van der Waals surface area contributed by atoms with E-state index < -0.39 is 6.09 Å². The lowest BCUT2D eigenvalue weighted by molar-refractivity contribution is 0.198. The van der Waals surface area contributed by atoms with Crippen LogP contribution >= 0.6 is 0 Å². The highest BCUT2D eigenvalue weighted by Crippen LogP contribution is 2.30. The number of carboxylic acid groups (broad SMARTS) is 1. The molecule has 0 aliphatic carbocycles. The van der Waals surface area contributed by atoms with Crippen LogP contribution in [-0.2, 0) is 7.05 Å². The summed E-state index contributed by atoms with van der Waals surface area (Å²) in [5.41, 5.74) is 2.39. The molecule has 0 fully saturated rings. The van der Waals surface area contributed by atoms with Gasteiger partial charge in [-0.15, -0.1) is 0 Å². The van der Waals surface area contributed by atoms with E-state index in [9.17, 15) is 9.90 Å². The van der Waals surface area contributed by atoms with E-state index in [-0.39, 0.29) is 0 Å². The standard InChI is InChI=1S/C18H16N6O3/c1-23-10-12(9-21-23)14-6-11-8-20-16(7-15(11)24(14)18(25)26)22-13-4-3-5-19-17(13)27-2/h3-10H,1-2H3,(H,20,22)(H,25,26). The molecule has 9 heteroatoms. The molecule has 0 bridgehead atoms. The first-order valence-corrected chi connectivity index (χ1v) is 8.06. The highest BCUT2D eigenvalue weighted by Gasteiger charge is 2.18. The van der Waals surface area contributed by atoms with Gasteiger partial charge >= 0.3 is 6.09 Å². The van der Waals surface area contributed by atoms with Crippen LogP contribution in [0.3, 0.4) is 0 Å². The van der Waals surface area contributed by atoms with Crippen molar-refractivity contribution in [1.82, 2.24) is 24.3 Å². The first-order valence-electron chi connectivity index (χ1n) is 8.06. The van der Waals surface area contributed by atoms with E-state index in [1.54, 1.807) is 60.8 Å². The van der Waals surface area contributed by atoms with Gasteiger partial charge in [-0.1, -0.05) is 0 Å². The maximum Gasteiger partial charge on any atom is 0.416 e. The van der Waals surface area contributed by atoms with Gasteiger partial charge < -0.3 is 15.2 Å². The van der Waals surface area contributed by atoms with Gasteiger partial charge in [0.15, 0.2) is 0 Å². The number of hydrogen-bond donors (Lipinski definition) is 2. The average Bonchev–Trinajstić information content (AvgIpc) is 3.25. The van der Waals surface area contributed by atoms with Crippen molar-refractivity contribution in [2.45, 2.75) is 0 Å². The van der Waals surface area contributed by atoms with Gasteiger partial charge in [-0.25, -0.2) is 19.3 Å². The Morgan fingerprint density at radius 3 is 2.81 bits per heavy atom. The van der Waals surface area contributed by atoms with Crippen molar-refractivity contribution >= 4 is 28.5 Å². The molecule has 0 aromatic carbocycles. The minimum atomic E-state index is -1.08. The van der Waals surface area contributed by atoms with E-state index in [4.69, 9.17) is 4.74 Å². The third kappa shape index (κ3) is 2.95. The summed E-state index contributed by atoms with van der Waals surface area (Å²) in [6.07, 6.45) is 5.55. The number of hydrogen-bond acceptors (Lipinski definition) is 6. The highest BCUT2D eigenvalue weighted by molar-refractivity contribution is 5.96. The van der Waals surface area contributed by atoms with Crippen molar-refractivity contribution in [2.75, 3.05) is 12.4 Å². The van der Waals surface area contributed by atoms with Crippen molar-refractivity contribution in [1.29, 1.82) is 0 Å². The quantitative estimate of drug-likeness (QED) is 0.573. The zero-order chi connectivity index (χ0) is 19.0. The number of aromatic nitrogens is 5. The molecule has 0 aliphatic rings. The summed E-state index contributed by atoms with van der Waals surface area (Å²) in [4.78, 5) is 20.4. The van der Waals surface area contributed by atoms with Crippen molar-refractivity contribution in [2.24, 2.45) is 7.05 Å². The third-order valence-corrected chi connectivity index (χ3v) is 4.11. The smallest absolute Gasteiger partial charge is 0.416 e. The van der Waals surface area contributed by atoms with E-state index in [2.05, 4.69) is 20.4 Å². The van der Waals surface area contributed by atoms with Crippen LogP contribution in [0.25, 0.3) is 22.2 Å². The molecule has 0 aliphatic heterocycles. The second kappa shape index (κ2) is 6.45. The molecule has 9 nitrogen and oxygen atoms in total. The predicted octanol–water partition coefficient (Wildman–Crippen LogP) is 3.11. The Balaban J connectivity index is 1.82. The molecule has 0 saturated carbocycles. The minimum Gasteiger partial charge on any atom is -0.480 e. The van der Waals surface area contributed by atoms with E-state index in [1.807, 2.05) is 0 Å². The van der Waals surface area contributed by atoms with Crippen LogP contribution in [0.2, 0.25) is 0 Å². The number of nitrogens with zero attached hydrogens (tertiary/aromatic N) is 5. The molecule has 4 aromatic rings. The van der Waals surface area contributed by atoms with Crippen molar-refractivity contribution in [3.05, 3.63) is 49.1 Å². The molecule has 4 rings (SSSR count). The number of carbonyl (C=O) groups is 1. The maximum absolute atomic E-state index is 11.9. The summed E-state index contributed by atoms with van der Waals surface area (Å²) in [7, 11) is 3.31. The van der Waals surface area contributed by atoms with Crippen LogP contribution in [0.4, 0.5) is 16.3 Å². The number of pyridine rings is 2. The first-order chi connectivity index (χ1) is 13.1. The van der Waals surface area contributed by atoms with Gasteiger partial charge in [0, 0.05) is 42.7 Å². The normalized spacial score (nSPS) is 10.9. The van der Waals surface area contributed by atoms with Gasteiger partial charge in [0.1, 0.15) is 11.5 Å². The molecule has 0 spiro atoms. The lowest BCUT2D eigenvalue weighted by Crippen LogP contribution is -2.09. The highest BCUT2D eigenvalue weighted by atomic mass is 16.5. The molecule has 0 atom stereocenters. The number of aryl methyl sites for hydroxylation is 1. The zero-order valence-corrected chi connectivity index (χ0v) is 14.6. The molecule has 0 saturated heterocycles. The fourth-order valence-corrected chi connectivity index (χ4v) is 2.93. The Morgan fingerprint density at radius 2 is 2.11 bits per heavy atom. The Hall–Kier alpha value is -3.88. The Morgan fingerprint density at radius 1 is 1.26 bits per heavy atom. The van der Waals surface area contributed by atoms with Crippen molar-refractivity contribution in [3.63, 3.8) is 0 Å².